The van der Waals surface area contributed by atoms with Crippen molar-refractivity contribution in [3.05, 3.63) is 36.2 Å². The van der Waals surface area contributed by atoms with Crippen molar-refractivity contribution in [1.82, 2.24) is 30.8 Å². The molecule has 0 saturated carbocycles. The lowest BCUT2D eigenvalue weighted by molar-refractivity contribution is -0.120. The summed E-state index contributed by atoms with van der Waals surface area (Å²) in [6.07, 6.45) is 3.01. The molecule has 2 N–H and O–H groups in total. The first kappa shape index (κ1) is 15.1. The van der Waals surface area contributed by atoms with Crippen molar-refractivity contribution in [3.63, 3.8) is 0 Å². The average molecular weight is 288 g/mol. The molecule has 1 aromatic heterocycles. The molecule has 1 amide bonds. The third-order valence-electron chi connectivity index (χ3n) is 2.97. The van der Waals surface area contributed by atoms with Gasteiger partial charge in [-0.15, -0.1) is 5.10 Å². The number of hydrogen-bond acceptors (Lipinski definition) is 5. The van der Waals surface area contributed by atoms with E-state index < -0.39 is 0 Å². The fourth-order valence-corrected chi connectivity index (χ4v) is 1.89. The lowest BCUT2D eigenvalue weighted by Gasteiger charge is -2.07. The summed E-state index contributed by atoms with van der Waals surface area (Å²) >= 11 is 0. The minimum absolute atomic E-state index is 0.0310. The Bertz CT molecular complexity index is 537. The molecular weight excluding hydrogens is 268 g/mol. The molecule has 2 aromatic rings. The van der Waals surface area contributed by atoms with Gasteiger partial charge in [-0.25, -0.2) is 4.68 Å². The Balaban J connectivity index is 1.76. The molecule has 7 heteroatoms. The van der Waals surface area contributed by atoms with Crippen LogP contribution in [0.2, 0.25) is 0 Å². The maximum Gasteiger partial charge on any atom is 0.224 e. The highest BCUT2D eigenvalue weighted by Crippen LogP contribution is 2.08. The summed E-state index contributed by atoms with van der Waals surface area (Å²) in [7, 11) is 0. The molecule has 0 unspecified atom stereocenters. The Hall–Kier alpha value is -2.28. The van der Waals surface area contributed by atoms with Gasteiger partial charge < -0.3 is 10.6 Å². The molecule has 0 bridgehead atoms. The number of nitrogens with zero attached hydrogens (tertiary/aromatic N) is 4. The molecule has 0 radical (unpaired) electrons. The topological polar surface area (TPSA) is 84.7 Å². The van der Waals surface area contributed by atoms with E-state index in [0.29, 0.717) is 13.0 Å². The predicted molar refractivity (Wildman–Crippen MR) is 79.0 cm³/mol. The van der Waals surface area contributed by atoms with E-state index in [1.54, 1.807) is 4.68 Å². The summed E-state index contributed by atoms with van der Waals surface area (Å²) < 4.78 is 1.57. The summed E-state index contributed by atoms with van der Waals surface area (Å²) in [4.78, 5) is 11.8. The Morgan fingerprint density at radius 3 is 2.67 bits per heavy atom. The molecule has 0 fully saturated rings. The number of nitrogens with one attached hydrogen (secondary N) is 2. The number of amides is 1. The molecule has 0 aliphatic rings. The highest BCUT2D eigenvalue weighted by atomic mass is 16.1. The molecule has 112 valence electrons. The Morgan fingerprint density at radius 2 is 2.00 bits per heavy atom. The van der Waals surface area contributed by atoms with Crippen molar-refractivity contribution in [1.29, 1.82) is 0 Å². The van der Waals surface area contributed by atoms with Crippen LogP contribution in [0.3, 0.4) is 0 Å². The predicted octanol–water partition coefficient (Wildman–Crippen LogP) is 0.321. The van der Waals surface area contributed by atoms with Gasteiger partial charge in [-0.3, -0.25) is 4.79 Å². The van der Waals surface area contributed by atoms with Gasteiger partial charge in [0.1, 0.15) is 6.33 Å². The van der Waals surface area contributed by atoms with Crippen LogP contribution in [0.25, 0.3) is 5.69 Å². The molecule has 2 rings (SSSR count). The number of carbonyl (C=O) groups is 1. The molecule has 0 saturated heterocycles. The average Bonchev–Trinajstić information content (AvgIpc) is 3.02. The highest BCUT2D eigenvalue weighted by molar-refractivity contribution is 5.78. The van der Waals surface area contributed by atoms with Gasteiger partial charge in [-0.1, -0.05) is 19.1 Å². The molecule has 0 atom stereocenters. The second-order valence-corrected chi connectivity index (χ2v) is 4.70. The fourth-order valence-electron chi connectivity index (χ4n) is 1.89. The second kappa shape index (κ2) is 8.11. The van der Waals surface area contributed by atoms with Crippen LogP contribution in [0, 0.1) is 0 Å². The second-order valence-electron chi connectivity index (χ2n) is 4.70. The number of benzene rings is 1. The third-order valence-corrected chi connectivity index (χ3v) is 2.97. The van der Waals surface area contributed by atoms with E-state index in [0.717, 1.165) is 30.8 Å². The van der Waals surface area contributed by atoms with Crippen LogP contribution in [0.15, 0.2) is 30.6 Å². The Labute approximate surface area is 123 Å². The van der Waals surface area contributed by atoms with E-state index in [1.807, 2.05) is 24.3 Å². The maximum absolute atomic E-state index is 11.8. The number of aromatic nitrogens is 4. The summed E-state index contributed by atoms with van der Waals surface area (Å²) in [5, 5.41) is 17.1. The van der Waals surface area contributed by atoms with Gasteiger partial charge in [0.2, 0.25) is 5.91 Å². The van der Waals surface area contributed by atoms with Crippen LogP contribution < -0.4 is 10.6 Å². The van der Waals surface area contributed by atoms with Gasteiger partial charge in [-0.05, 0) is 41.1 Å². The molecule has 0 aliphatic heterocycles. The quantitative estimate of drug-likeness (QED) is 0.683. The molecule has 0 aliphatic carbocycles. The van der Waals surface area contributed by atoms with Crippen LogP contribution in [0.4, 0.5) is 0 Å². The van der Waals surface area contributed by atoms with Crippen LogP contribution in [-0.2, 0) is 11.2 Å². The highest BCUT2D eigenvalue weighted by Gasteiger charge is 2.03. The van der Waals surface area contributed by atoms with Crippen LogP contribution in [0.1, 0.15) is 18.9 Å². The van der Waals surface area contributed by atoms with E-state index >= 15 is 0 Å². The zero-order valence-electron chi connectivity index (χ0n) is 12.1. The first-order valence-corrected chi connectivity index (χ1v) is 7.09. The SMILES string of the molecule is CCCNCCNC(=O)Cc1ccc(-n2cnnn2)cc1. The zero-order chi connectivity index (χ0) is 14.9. The lowest BCUT2D eigenvalue weighted by atomic mass is 10.1. The van der Waals surface area contributed by atoms with Crippen molar-refractivity contribution >= 4 is 5.91 Å². The van der Waals surface area contributed by atoms with E-state index in [2.05, 4.69) is 33.1 Å². The van der Waals surface area contributed by atoms with E-state index in [-0.39, 0.29) is 5.91 Å². The molecule has 21 heavy (non-hydrogen) atoms. The summed E-state index contributed by atoms with van der Waals surface area (Å²) in [6.45, 7) is 4.55. The van der Waals surface area contributed by atoms with Crippen LogP contribution >= 0.6 is 0 Å². The van der Waals surface area contributed by atoms with E-state index in [4.69, 9.17) is 0 Å². The minimum Gasteiger partial charge on any atom is -0.355 e. The maximum atomic E-state index is 11.8. The fraction of sp³-hybridized carbons (Fsp3) is 0.429. The number of carbonyl (C=O) groups excluding carboxylic acids is 1. The summed E-state index contributed by atoms with van der Waals surface area (Å²) in [5.74, 6) is 0.0310. The van der Waals surface area contributed by atoms with E-state index in [9.17, 15) is 4.79 Å². The van der Waals surface area contributed by atoms with Crippen molar-refractivity contribution in [2.24, 2.45) is 0 Å². The Morgan fingerprint density at radius 1 is 1.19 bits per heavy atom. The first-order valence-electron chi connectivity index (χ1n) is 7.09. The van der Waals surface area contributed by atoms with Crippen molar-refractivity contribution in [2.75, 3.05) is 19.6 Å². The molecule has 1 aromatic carbocycles. The van der Waals surface area contributed by atoms with Gasteiger partial charge in [0.05, 0.1) is 12.1 Å². The van der Waals surface area contributed by atoms with E-state index in [1.165, 1.54) is 6.33 Å². The largest absolute Gasteiger partial charge is 0.355 e. The number of tetrazole rings is 1. The molecule has 7 nitrogen and oxygen atoms in total. The standard InChI is InChI=1S/C14H20N6O/c1-2-7-15-8-9-16-14(21)10-12-3-5-13(6-4-12)20-11-17-18-19-20/h3-6,11,15H,2,7-10H2,1H3,(H,16,21). The van der Waals surface area contributed by atoms with Crippen molar-refractivity contribution in [3.8, 4) is 5.69 Å². The summed E-state index contributed by atoms with van der Waals surface area (Å²) in [6, 6.07) is 7.60. The third kappa shape index (κ3) is 4.96. The van der Waals surface area contributed by atoms with Gasteiger partial charge in [0.25, 0.3) is 0 Å². The van der Waals surface area contributed by atoms with Gasteiger partial charge in [-0.2, -0.15) is 0 Å². The van der Waals surface area contributed by atoms with Gasteiger partial charge in [0, 0.05) is 13.1 Å². The van der Waals surface area contributed by atoms with Gasteiger partial charge >= 0.3 is 0 Å². The van der Waals surface area contributed by atoms with Crippen LogP contribution in [-0.4, -0.2) is 45.7 Å². The van der Waals surface area contributed by atoms with Crippen molar-refractivity contribution < 1.29 is 4.79 Å². The number of hydrogen-bond donors (Lipinski definition) is 2. The Kier molecular flexibility index (Phi) is 5.83. The normalized spacial score (nSPS) is 10.5. The van der Waals surface area contributed by atoms with Gasteiger partial charge in [0.15, 0.2) is 0 Å². The minimum atomic E-state index is 0.0310. The zero-order valence-corrected chi connectivity index (χ0v) is 12.1. The lowest BCUT2D eigenvalue weighted by Crippen LogP contribution is -2.32. The molecule has 0 spiro atoms. The smallest absolute Gasteiger partial charge is 0.224 e. The first-order chi connectivity index (χ1) is 10.3. The molecule has 1 heterocycles. The molecular formula is C14H20N6O. The van der Waals surface area contributed by atoms with Crippen molar-refractivity contribution in [2.45, 2.75) is 19.8 Å². The monoisotopic (exact) mass is 288 g/mol. The summed E-state index contributed by atoms with van der Waals surface area (Å²) in [5.41, 5.74) is 1.83. The van der Waals surface area contributed by atoms with Crippen LogP contribution in [0.5, 0.6) is 0 Å². The number of rotatable bonds is 8.